The Morgan fingerprint density at radius 2 is 1.95 bits per heavy atom. The van der Waals surface area contributed by atoms with Gasteiger partial charge in [-0.15, -0.1) is 0 Å². The van der Waals surface area contributed by atoms with Gasteiger partial charge >= 0.3 is 0 Å². The lowest BCUT2D eigenvalue weighted by atomic mass is 9.75. The van der Waals surface area contributed by atoms with Crippen molar-refractivity contribution in [3.63, 3.8) is 0 Å². The number of hydrogen-bond acceptors (Lipinski definition) is 2. The van der Waals surface area contributed by atoms with E-state index in [2.05, 4.69) is 32.2 Å². The first-order chi connectivity index (χ1) is 9.90. The largest absolute Gasteiger partial charge is 0.496 e. The first-order valence-electron chi connectivity index (χ1n) is 7.99. The lowest BCUT2D eigenvalue weighted by Gasteiger charge is -2.35. The SMILES string of the molecule is COc1ccc(Cl)cc1C1CCCCC1CNC(C)(C)C. The van der Waals surface area contributed by atoms with Crippen molar-refractivity contribution in [2.75, 3.05) is 13.7 Å². The summed E-state index contributed by atoms with van der Waals surface area (Å²) in [7, 11) is 1.75. The first-order valence-corrected chi connectivity index (χ1v) is 8.37. The van der Waals surface area contributed by atoms with Gasteiger partial charge in [0.1, 0.15) is 5.75 Å². The second-order valence-corrected chi connectivity index (χ2v) is 7.60. The Morgan fingerprint density at radius 1 is 1.24 bits per heavy atom. The van der Waals surface area contributed by atoms with Gasteiger partial charge in [0.05, 0.1) is 7.11 Å². The quantitative estimate of drug-likeness (QED) is 0.844. The molecule has 2 atom stereocenters. The highest BCUT2D eigenvalue weighted by Gasteiger charge is 2.29. The first kappa shape index (κ1) is 16.6. The number of nitrogens with one attached hydrogen (secondary N) is 1. The molecule has 0 amide bonds. The van der Waals surface area contributed by atoms with E-state index < -0.39 is 0 Å². The van der Waals surface area contributed by atoms with Crippen molar-refractivity contribution in [1.82, 2.24) is 5.32 Å². The Hall–Kier alpha value is -0.730. The summed E-state index contributed by atoms with van der Waals surface area (Å²) >= 11 is 6.22. The molecule has 0 saturated heterocycles. The Kier molecular flexibility index (Phi) is 5.56. The summed E-state index contributed by atoms with van der Waals surface area (Å²) in [6, 6.07) is 6.01. The van der Waals surface area contributed by atoms with Gasteiger partial charge < -0.3 is 10.1 Å². The number of benzene rings is 1. The molecule has 2 rings (SSSR count). The standard InChI is InChI=1S/C18H28ClNO/c1-18(2,3)20-12-13-7-5-6-8-15(13)16-11-14(19)9-10-17(16)21-4/h9-11,13,15,20H,5-8,12H2,1-4H3. The molecular formula is C18H28ClNO. The highest BCUT2D eigenvalue weighted by Crippen LogP contribution is 2.42. The maximum Gasteiger partial charge on any atom is 0.122 e. The second-order valence-electron chi connectivity index (χ2n) is 7.17. The van der Waals surface area contributed by atoms with Gasteiger partial charge in [-0.25, -0.2) is 0 Å². The molecule has 1 aliphatic rings. The minimum absolute atomic E-state index is 0.167. The van der Waals surface area contributed by atoms with Crippen LogP contribution < -0.4 is 10.1 Å². The third-order valence-corrected chi connectivity index (χ3v) is 4.63. The van der Waals surface area contributed by atoms with Crippen molar-refractivity contribution in [3.05, 3.63) is 28.8 Å². The summed E-state index contributed by atoms with van der Waals surface area (Å²) in [6.45, 7) is 7.74. The van der Waals surface area contributed by atoms with Crippen LogP contribution in [0.15, 0.2) is 18.2 Å². The topological polar surface area (TPSA) is 21.3 Å². The highest BCUT2D eigenvalue weighted by molar-refractivity contribution is 6.30. The van der Waals surface area contributed by atoms with Crippen LogP contribution in [0, 0.1) is 5.92 Å². The van der Waals surface area contributed by atoms with E-state index in [4.69, 9.17) is 16.3 Å². The summed E-state index contributed by atoms with van der Waals surface area (Å²) in [5.74, 6) is 2.18. The van der Waals surface area contributed by atoms with E-state index in [9.17, 15) is 0 Å². The molecule has 1 saturated carbocycles. The molecule has 0 spiro atoms. The van der Waals surface area contributed by atoms with Crippen LogP contribution in [0.3, 0.4) is 0 Å². The van der Waals surface area contributed by atoms with Gasteiger partial charge in [0.2, 0.25) is 0 Å². The lowest BCUT2D eigenvalue weighted by Crippen LogP contribution is -2.41. The fraction of sp³-hybridized carbons (Fsp3) is 0.667. The van der Waals surface area contributed by atoms with Gasteiger partial charge in [-0.05, 0) is 75.8 Å². The van der Waals surface area contributed by atoms with Crippen molar-refractivity contribution < 1.29 is 4.74 Å². The third kappa shape index (κ3) is 4.62. The van der Waals surface area contributed by atoms with E-state index in [1.54, 1.807) is 7.11 Å². The summed E-state index contributed by atoms with van der Waals surface area (Å²) in [5.41, 5.74) is 1.45. The molecule has 0 aliphatic heterocycles. The Bertz CT molecular complexity index is 467. The van der Waals surface area contributed by atoms with Gasteiger partial charge in [-0.1, -0.05) is 24.4 Å². The molecule has 0 radical (unpaired) electrons. The maximum atomic E-state index is 6.22. The third-order valence-electron chi connectivity index (χ3n) is 4.39. The zero-order chi connectivity index (χ0) is 15.5. The molecular weight excluding hydrogens is 282 g/mol. The molecule has 1 aliphatic carbocycles. The van der Waals surface area contributed by atoms with E-state index in [-0.39, 0.29) is 5.54 Å². The van der Waals surface area contributed by atoms with Crippen LogP contribution in [-0.4, -0.2) is 19.2 Å². The smallest absolute Gasteiger partial charge is 0.122 e. The second kappa shape index (κ2) is 7.02. The molecule has 2 nitrogen and oxygen atoms in total. The molecule has 1 N–H and O–H groups in total. The molecule has 3 heteroatoms. The zero-order valence-corrected chi connectivity index (χ0v) is 14.5. The van der Waals surface area contributed by atoms with Crippen molar-refractivity contribution in [1.29, 1.82) is 0 Å². The van der Waals surface area contributed by atoms with E-state index in [0.717, 1.165) is 17.3 Å². The molecule has 0 bridgehead atoms. The molecule has 0 aromatic heterocycles. The predicted octanol–water partition coefficient (Wildman–Crippen LogP) is 5.01. The summed E-state index contributed by atoms with van der Waals surface area (Å²) in [5, 5.41) is 4.47. The van der Waals surface area contributed by atoms with Crippen LogP contribution in [0.5, 0.6) is 5.75 Å². The van der Waals surface area contributed by atoms with Crippen LogP contribution >= 0.6 is 11.6 Å². The van der Waals surface area contributed by atoms with Crippen LogP contribution in [-0.2, 0) is 0 Å². The normalized spacial score (nSPS) is 23.1. The monoisotopic (exact) mass is 309 g/mol. The average molecular weight is 310 g/mol. The molecule has 1 fully saturated rings. The number of rotatable bonds is 4. The molecule has 21 heavy (non-hydrogen) atoms. The Balaban J connectivity index is 2.20. The van der Waals surface area contributed by atoms with Crippen LogP contribution in [0.2, 0.25) is 5.02 Å². The van der Waals surface area contributed by atoms with Crippen molar-refractivity contribution in [2.24, 2.45) is 5.92 Å². The molecule has 1 aromatic rings. The van der Waals surface area contributed by atoms with Gasteiger partial charge in [0, 0.05) is 10.6 Å². The maximum absolute atomic E-state index is 6.22. The van der Waals surface area contributed by atoms with E-state index >= 15 is 0 Å². The number of halogens is 1. The summed E-state index contributed by atoms with van der Waals surface area (Å²) < 4.78 is 5.57. The van der Waals surface area contributed by atoms with Gasteiger partial charge in [0.25, 0.3) is 0 Å². The van der Waals surface area contributed by atoms with Crippen molar-refractivity contribution in [3.8, 4) is 5.75 Å². The molecule has 118 valence electrons. The predicted molar refractivity (Wildman–Crippen MR) is 90.5 cm³/mol. The molecule has 0 heterocycles. The number of methoxy groups -OCH3 is 1. The summed E-state index contributed by atoms with van der Waals surface area (Å²) in [4.78, 5) is 0. The van der Waals surface area contributed by atoms with E-state index in [0.29, 0.717) is 11.8 Å². The number of hydrogen-bond donors (Lipinski definition) is 1. The van der Waals surface area contributed by atoms with Gasteiger partial charge in [-0.3, -0.25) is 0 Å². The lowest BCUT2D eigenvalue weighted by molar-refractivity contribution is 0.264. The minimum Gasteiger partial charge on any atom is -0.496 e. The number of ether oxygens (including phenoxy) is 1. The Morgan fingerprint density at radius 3 is 2.62 bits per heavy atom. The summed E-state index contributed by atoms with van der Waals surface area (Å²) in [6.07, 6.45) is 5.14. The fourth-order valence-electron chi connectivity index (χ4n) is 3.29. The fourth-order valence-corrected chi connectivity index (χ4v) is 3.47. The van der Waals surface area contributed by atoms with E-state index in [1.165, 1.54) is 31.2 Å². The van der Waals surface area contributed by atoms with Crippen LogP contribution in [0.4, 0.5) is 0 Å². The van der Waals surface area contributed by atoms with Gasteiger partial charge in [0.15, 0.2) is 0 Å². The van der Waals surface area contributed by atoms with Crippen molar-refractivity contribution >= 4 is 11.6 Å². The molecule has 2 unspecified atom stereocenters. The van der Waals surface area contributed by atoms with Crippen LogP contribution in [0.1, 0.15) is 57.9 Å². The highest BCUT2D eigenvalue weighted by atomic mass is 35.5. The average Bonchev–Trinajstić information content (AvgIpc) is 2.44. The van der Waals surface area contributed by atoms with Crippen molar-refractivity contribution in [2.45, 2.75) is 57.9 Å². The van der Waals surface area contributed by atoms with Crippen LogP contribution in [0.25, 0.3) is 0 Å². The van der Waals surface area contributed by atoms with E-state index in [1.807, 2.05) is 12.1 Å². The Labute approximate surface area is 134 Å². The molecule has 1 aromatic carbocycles. The minimum atomic E-state index is 0.167. The van der Waals surface area contributed by atoms with Gasteiger partial charge in [-0.2, -0.15) is 0 Å². The zero-order valence-electron chi connectivity index (χ0n) is 13.7.